The van der Waals surface area contributed by atoms with Crippen LogP contribution in [-0.4, -0.2) is 80.2 Å². The van der Waals surface area contributed by atoms with E-state index in [0.717, 1.165) is 76.4 Å². The zero-order valence-corrected chi connectivity index (χ0v) is 35.4. The highest BCUT2D eigenvalue weighted by atomic mass is 16.5. The van der Waals surface area contributed by atoms with Crippen LogP contribution in [0.25, 0.3) is 33.1 Å². The fourth-order valence-electron chi connectivity index (χ4n) is 9.21. The van der Waals surface area contributed by atoms with Gasteiger partial charge in [0, 0.05) is 60.3 Å². The average molecular weight is 836 g/mol. The summed E-state index contributed by atoms with van der Waals surface area (Å²) in [6.45, 7) is 5.38. The first kappa shape index (κ1) is 42.0. The van der Waals surface area contributed by atoms with Crippen LogP contribution in [0.2, 0.25) is 0 Å². The molecule has 4 amide bonds. The fraction of sp³-hybridized carbons (Fsp3) is 0.347. The zero-order chi connectivity index (χ0) is 43.3. The number of H-pyrrole nitrogens is 1. The van der Waals surface area contributed by atoms with Crippen LogP contribution in [0.1, 0.15) is 93.0 Å². The van der Waals surface area contributed by atoms with Crippen molar-refractivity contribution in [3.05, 3.63) is 126 Å². The normalized spacial score (nSPS) is 17.3. The third-order valence-electron chi connectivity index (χ3n) is 12.3. The first-order valence-corrected chi connectivity index (χ1v) is 21.6. The molecule has 0 aliphatic carbocycles. The number of unbranched alkanes of at least 4 members (excludes halogenated alkanes) is 1. The summed E-state index contributed by atoms with van der Waals surface area (Å²) < 4.78 is 7.16. The van der Waals surface area contributed by atoms with Crippen molar-refractivity contribution in [3.8, 4) is 11.3 Å². The van der Waals surface area contributed by atoms with E-state index in [-0.39, 0.29) is 36.0 Å². The number of nitrogens with one attached hydrogen (secondary N) is 3. The van der Waals surface area contributed by atoms with Crippen molar-refractivity contribution in [3.63, 3.8) is 0 Å². The van der Waals surface area contributed by atoms with Crippen LogP contribution in [0.4, 0.5) is 4.79 Å². The lowest BCUT2D eigenvalue weighted by atomic mass is 9.99. The molecule has 0 bridgehead atoms. The summed E-state index contributed by atoms with van der Waals surface area (Å²) >= 11 is 0. The number of imidazole rings is 1. The van der Waals surface area contributed by atoms with E-state index in [1.165, 1.54) is 14.0 Å². The molecule has 8 rings (SSSR count). The van der Waals surface area contributed by atoms with Gasteiger partial charge in [-0.15, -0.1) is 0 Å². The first-order valence-electron chi connectivity index (χ1n) is 21.6. The van der Waals surface area contributed by atoms with Crippen molar-refractivity contribution in [1.29, 1.82) is 0 Å². The number of hydrogen-bond acceptors (Lipinski definition) is 7. The van der Waals surface area contributed by atoms with Crippen LogP contribution in [0, 0.1) is 0 Å². The van der Waals surface area contributed by atoms with E-state index in [1.54, 1.807) is 29.2 Å². The standard InChI is InChI=1S/C49H53N7O6/c1-4-5-24-54-41-27-32(28-43(58)39-18-12-25-55(39)48(60)45(53-49(61)62-3)34-16-10-7-11-17-34)20-22-36(41)37-23-21-35(29-42(37)54)38-30-50-46(52-38)40-19-13-26-56(40)47(59)44(51-31(2)57)33-14-8-6-9-15-33/h6-11,14-17,20-23,27,29-30,39-40,44-45H,4-5,12-13,18-19,24-26,28H2,1-3H3,(H,50,52)(H,51,57)(H,53,61)/t39-,40?,44+,45+/m0/s1. The Kier molecular flexibility index (Phi) is 12.5. The predicted molar refractivity (Wildman–Crippen MR) is 237 cm³/mol. The van der Waals surface area contributed by atoms with Gasteiger partial charge < -0.3 is 34.7 Å². The van der Waals surface area contributed by atoms with Crippen LogP contribution >= 0.6 is 0 Å². The second-order valence-electron chi connectivity index (χ2n) is 16.3. The SMILES string of the molecule is CCCCn1c2cc(CC(=O)[C@@H]3CCCN3C(=O)[C@H](NC(=O)OC)c3ccccc3)ccc2c2ccc(-c3cnc(C4CCCN4C(=O)[C@H](NC(C)=O)c4ccccc4)[nH]3)cc21. The number of amides is 4. The van der Waals surface area contributed by atoms with Crippen molar-refractivity contribution < 1.29 is 28.7 Å². The van der Waals surface area contributed by atoms with E-state index >= 15 is 0 Å². The molecule has 6 aromatic rings. The summed E-state index contributed by atoms with van der Waals surface area (Å²) in [5, 5.41) is 7.73. The molecule has 3 N–H and O–H groups in total. The highest BCUT2D eigenvalue weighted by molar-refractivity contribution is 6.09. The molecule has 0 saturated carbocycles. The predicted octanol–water partition coefficient (Wildman–Crippen LogP) is 7.73. The van der Waals surface area contributed by atoms with Crippen LogP contribution in [0.3, 0.4) is 0 Å². The van der Waals surface area contributed by atoms with E-state index in [0.29, 0.717) is 37.3 Å². The smallest absolute Gasteiger partial charge is 0.407 e. The molecule has 2 aromatic heterocycles. The minimum Gasteiger partial charge on any atom is -0.453 e. The van der Waals surface area contributed by atoms with Crippen LogP contribution < -0.4 is 10.6 Å². The third kappa shape index (κ3) is 8.57. The topological polar surface area (TPSA) is 159 Å². The zero-order valence-electron chi connectivity index (χ0n) is 35.4. The number of rotatable bonds is 14. The van der Waals surface area contributed by atoms with Gasteiger partial charge in [0.25, 0.3) is 5.91 Å². The number of alkyl carbamates (subject to hydrolysis) is 1. The van der Waals surface area contributed by atoms with E-state index in [1.807, 2.05) is 53.6 Å². The molecule has 2 fully saturated rings. The van der Waals surface area contributed by atoms with E-state index in [4.69, 9.17) is 9.72 Å². The van der Waals surface area contributed by atoms with Gasteiger partial charge in [-0.1, -0.05) is 98.3 Å². The summed E-state index contributed by atoms with van der Waals surface area (Å²) in [5.41, 5.74) is 6.14. The maximum Gasteiger partial charge on any atom is 0.407 e. The van der Waals surface area contributed by atoms with Crippen molar-refractivity contribution in [2.24, 2.45) is 0 Å². The number of Topliss-reactive ketones (excluding diaryl/α,β-unsaturated/α-hetero) is 1. The quantitative estimate of drug-likeness (QED) is 0.101. The van der Waals surface area contributed by atoms with Gasteiger partial charge in [0.1, 0.15) is 17.9 Å². The first-order chi connectivity index (χ1) is 30.1. The number of aryl methyl sites for hydroxylation is 1. The number of aromatic nitrogens is 3. The van der Waals surface area contributed by atoms with Crippen molar-refractivity contribution in [2.75, 3.05) is 20.2 Å². The lowest BCUT2D eigenvalue weighted by molar-refractivity contribution is -0.139. The molecule has 4 aromatic carbocycles. The lowest BCUT2D eigenvalue weighted by Crippen LogP contribution is -2.47. The molecule has 2 aliphatic rings. The summed E-state index contributed by atoms with van der Waals surface area (Å²) in [7, 11) is 1.26. The summed E-state index contributed by atoms with van der Waals surface area (Å²) in [6, 6.07) is 28.3. The number of hydrogen-bond donors (Lipinski definition) is 3. The number of ketones is 1. The van der Waals surface area contributed by atoms with Gasteiger partial charge in [-0.2, -0.15) is 0 Å². The monoisotopic (exact) mass is 835 g/mol. The highest BCUT2D eigenvalue weighted by Crippen LogP contribution is 2.37. The Labute approximate surface area is 360 Å². The number of benzene rings is 4. The van der Waals surface area contributed by atoms with Crippen molar-refractivity contribution in [1.82, 2.24) is 35.0 Å². The molecule has 2 aliphatic heterocycles. The van der Waals surface area contributed by atoms with Gasteiger partial charge in [-0.3, -0.25) is 19.2 Å². The highest BCUT2D eigenvalue weighted by Gasteiger charge is 2.39. The van der Waals surface area contributed by atoms with Gasteiger partial charge in [-0.25, -0.2) is 9.78 Å². The van der Waals surface area contributed by atoms with Crippen LogP contribution in [0.5, 0.6) is 0 Å². The number of fused-ring (bicyclic) bond motifs is 3. The average Bonchev–Trinajstić information content (AvgIpc) is 4.13. The molecule has 0 spiro atoms. The number of carbonyl (C=O) groups excluding carboxylic acids is 5. The van der Waals surface area contributed by atoms with E-state index in [2.05, 4.69) is 57.4 Å². The molecule has 13 heteroatoms. The van der Waals surface area contributed by atoms with Gasteiger partial charge in [-0.05, 0) is 60.9 Å². The largest absolute Gasteiger partial charge is 0.453 e. The molecule has 62 heavy (non-hydrogen) atoms. The Morgan fingerprint density at radius 1 is 0.790 bits per heavy atom. The Morgan fingerprint density at radius 2 is 1.42 bits per heavy atom. The van der Waals surface area contributed by atoms with Gasteiger partial charge in [0.2, 0.25) is 11.8 Å². The van der Waals surface area contributed by atoms with Gasteiger partial charge in [0.15, 0.2) is 5.78 Å². The molecule has 320 valence electrons. The number of likely N-dealkylation sites (tertiary alicyclic amines) is 2. The second kappa shape index (κ2) is 18.5. The number of aromatic amines is 1. The molecule has 13 nitrogen and oxygen atoms in total. The van der Waals surface area contributed by atoms with E-state index in [9.17, 15) is 24.0 Å². The number of ether oxygens (including phenoxy) is 1. The molecule has 4 atom stereocenters. The Morgan fingerprint density at radius 3 is 2.10 bits per heavy atom. The molecule has 2 saturated heterocycles. The van der Waals surface area contributed by atoms with Gasteiger partial charge in [0.05, 0.1) is 31.1 Å². The van der Waals surface area contributed by atoms with Crippen molar-refractivity contribution in [2.45, 2.75) is 89.5 Å². The van der Waals surface area contributed by atoms with Crippen LogP contribution in [0.15, 0.2) is 103 Å². The molecular formula is C49H53N7O6. The van der Waals surface area contributed by atoms with Crippen LogP contribution in [-0.2, 0) is 36.9 Å². The number of methoxy groups -OCH3 is 1. The minimum atomic E-state index is -0.976. The minimum absolute atomic E-state index is 0.0399. The second-order valence-corrected chi connectivity index (χ2v) is 16.3. The van der Waals surface area contributed by atoms with E-state index < -0.39 is 24.2 Å². The third-order valence-corrected chi connectivity index (χ3v) is 12.3. The Hall–Kier alpha value is -6.76. The van der Waals surface area contributed by atoms with Gasteiger partial charge >= 0.3 is 6.09 Å². The lowest BCUT2D eigenvalue weighted by Gasteiger charge is -2.28. The number of carbonyl (C=O) groups is 5. The number of nitrogens with zero attached hydrogens (tertiary/aromatic N) is 4. The molecule has 1 unspecified atom stereocenters. The maximum atomic E-state index is 14.1. The molecule has 4 heterocycles. The molecule has 0 radical (unpaired) electrons. The molecular weight excluding hydrogens is 783 g/mol. The Bertz CT molecular complexity index is 2600. The van der Waals surface area contributed by atoms with Crippen molar-refractivity contribution >= 4 is 51.4 Å². The summed E-state index contributed by atoms with van der Waals surface area (Å²) in [6.07, 6.45) is 6.08. The summed E-state index contributed by atoms with van der Waals surface area (Å²) in [5.74, 6) is -0.0937. The summed E-state index contributed by atoms with van der Waals surface area (Å²) in [4.78, 5) is 78.3. The Balaban J connectivity index is 1.04. The fourth-order valence-corrected chi connectivity index (χ4v) is 9.21. The maximum absolute atomic E-state index is 14.1.